The number of carbonyl (C=O) groups is 3. The largest absolute Gasteiger partial charge is 0.394 e. The number of nitrogens with one attached hydrogen (secondary N) is 3. The minimum absolute atomic E-state index is 0.743. The maximum absolute atomic E-state index is 12.8. The highest BCUT2D eigenvalue weighted by molar-refractivity contribution is 5.74. The predicted molar refractivity (Wildman–Crippen MR) is 267 cm³/mol. The molecule has 35 atom stereocenters. The van der Waals surface area contributed by atoms with Crippen LogP contribution in [0.2, 0.25) is 0 Å². The van der Waals surface area contributed by atoms with Crippen molar-refractivity contribution in [2.24, 2.45) is 0 Å². The third kappa shape index (κ3) is 15.8. The monoisotopic (exact) mass is 1280 g/mol. The van der Waals surface area contributed by atoms with Crippen LogP contribution >= 0.6 is 0 Å². The van der Waals surface area contributed by atoms with Crippen molar-refractivity contribution in [3.05, 3.63) is 0 Å². The molecule has 0 aromatic rings. The number of aliphatic hydroxyl groups is 20. The molecule has 7 rings (SSSR count). The molecule has 7 saturated heterocycles. The van der Waals surface area contributed by atoms with E-state index in [1.165, 1.54) is 0 Å². The van der Waals surface area contributed by atoms with Gasteiger partial charge in [0.15, 0.2) is 44.0 Å². The number of hydrogen-bond acceptors (Lipinski definition) is 36. The van der Waals surface area contributed by atoms with Crippen LogP contribution in [-0.4, -0.2) is 381 Å². The van der Waals surface area contributed by atoms with Crippen molar-refractivity contribution in [1.29, 1.82) is 0 Å². The molecule has 504 valence electrons. The molecule has 3 amide bonds. The molecule has 0 radical (unpaired) electrons. The van der Waals surface area contributed by atoms with Gasteiger partial charge in [-0.15, -0.1) is 0 Å². The summed E-state index contributed by atoms with van der Waals surface area (Å²) >= 11 is 0. The van der Waals surface area contributed by atoms with Gasteiger partial charge < -0.3 is 180 Å². The molecule has 39 nitrogen and oxygen atoms in total. The van der Waals surface area contributed by atoms with Crippen molar-refractivity contribution in [3.63, 3.8) is 0 Å². The first-order valence-corrected chi connectivity index (χ1v) is 27.6. The molecule has 7 heterocycles. The summed E-state index contributed by atoms with van der Waals surface area (Å²) in [5.74, 6) is -2.53. The van der Waals surface area contributed by atoms with E-state index in [1.807, 2.05) is 0 Å². The van der Waals surface area contributed by atoms with Gasteiger partial charge in [-0.1, -0.05) is 0 Å². The molecule has 7 aliphatic heterocycles. The van der Waals surface area contributed by atoms with Gasteiger partial charge in [-0.25, -0.2) is 0 Å². The van der Waals surface area contributed by atoms with Crippen LogP contribution in [-0.2, 0) is 76.0 Å². The number of hydrogen-bond donors (Lipinski definition) is 23. The van der Waals surface area contributed by atoms with Crippen LogP contribution in [0.3, 0.4) is 0 Å². The maximum atomic E-state index is 12.8. The van der Waals surface area contributed by atoms with Gasteiger partial charge >= 0.3 is 0 Å². The molecule has 0 saturated carbocycles. The van der Waals surface area contributed by atoms with E-state index in [-0.39, 0.29) is 0 Å². The van der Waals surface area contributed by atoms with Crippen molar-refractivity contribution in [2.75, 3.05) is 46.2 Å². The van der Waals surface area contributed by atoms with Crippen LogP contribution in [0, 0.1) is 0 Å². The molecule has 39 heteroatoms. The summed E-state index contributed by atoms with van der Waals surface area (Å²) in [6.45, 7) is -4.07. The Morgan fingerprint density at radius 1 is 0.299 bits per heavy atom. The second kappa shape index (κ2) is 31.1. The summed E-state index contributed by atoms with van der Waals surface area (Å²) in [7, 11) is 0. The van der Waals surface area contributed by atoms with Gasteiger partial charge in [-0.3, -0.25) is 14.4 Å². The quantitative estimate of drug-likeness (QED) is 0.0479. The molecule has 23 N–H and O–H groups in total. The fourth-order valence-corrected chi connectivity index (χ4v) is 11.1. The molecule has 1 unspecified atom stereocenters. The number of aliphatic hydroxyl groups excluding tert-OH is 20. The highest BCUT2D eigenvalue weighted by Gasteiger charge is 2.59. The molecular formula is C48H81N3O36. The Balaban J connectivity index is 1.21. The van der Waals surface area contributed by atoms with E-state index in [1.54, 1.807) is 0 Å². The van der Waals surface area contributed by atoms with E-state index in [2.05, 4.69) is 16.0 Å². The summed E-state index contributed by atoms with van der Waals surface area (Å²) in [5, 5.41) is 225. The van der Waals surface area contributed by atoms with Crippen LogP contribution in [0.1, 0.15) is 20.8 Å². The minimum atomic E-state index is -2.43. The smallest absolute Gasteiger partial charge is 0.217 e. The summed E-state index contributed by atoms with van der Waals surface area (Å²) in [6, 6.07) is -5.25. The lowest BCUT2D eigenvalue weighted by molar-refractivity contribution is -0.397. The number of amides is 3. The van der Waals surface area contributed by atoms with Gasteiger partial charge in [-0.2, -0.15) is 0 Å². The Kier molecular flexibility index (Phi) is 25.6. The molecule has 7 fully saturated rings. The normalized spacial score (nSPS) is 48.9. The first-order valence-electron chi connectivity index (χ1n) is 27.6. The lowest BCUT2D eigenvalue weighted by atomic mass is 9.93. The third-order valence-electron chi connectivity index (χ3n) is 15.7. The van der Waals surface area contributed by atoms with E-state index in [9.17, 15) is 117 Å². The van der Waals surface area contributed by atoms with Crippen molar-refractivity contribution >= 4 is 17.7 Å². The zero-order valence-electron chi connectivity index (χ0n) is 46.6. The van der Waals surface area contributed by atoms with Crippen LogP contribution in [0.15, 0.2) is 0 Å². The Morgan fingerprint density at radius 3 is 1.18 bits per heavy atom. The van der Waals surface area contributed by atoms with E-state index in [4.69, 9.17) is 61.6 Å². The van der Waals surface area contributed by atoms with Crippen LogP contribution in [0.4, 0.5) is 0 Å². The average Bonchev–Trinajstić information content (AvgIpc) is 0.977. The summed E-state index contributed by atoms with van der Waals surface area (Å²) < 4.78 is 75.7. The van der Waals surface area contributed by atoms with Crippen LogP contribution in [0.5, 0.6) is 0 Å². The Morgan fingerprint density at radius 2 is 0.644 bits per heavy atom. The Bertz CT molecular complexity index is 2190. The predicted octanol–water partition coefficient (Wildman–Crippen LogP) is -15.8. The van der Waals surface area contributed by atoms with Crippen LogP contribution in [0.25, 0.3) is 0 Å². The molecule has 0 aromatic carbocycles. The average molecular weight is 1280 g/mol. The topological polar surface area (TPSA) is 612 Å². The van der Waals surface area contributed by atoms with E-state index in [0.29, 0.717) is 0 Å². The summed E-state index contributed by atoms with van der Waals surface area (Å²) in [4.78, 5) is 37.6. The fourth-order valence-electron chi connectivity index (χ4n) is 11.1. The number of rotatable bonds is 22. The first-order chi connectivity index (χ1) is 41.1. The molecule has 7 aliphatic rings. The van der Waals surface area contributed by atoms with Crippen molar-refractivity contribution in [2.45, 2.75) is 236 Å². The van der Waals surface area contributed by atoms with Gasteiger partial charge in [0.2, 0.25) is 17.7 Å². The van der Waals surface area contributed by atoms with Crippen molar-refractivity contribution in [3.8, 4) is 0 Å². The van der Waals surface area contributed by atoms with Gasteiger partial charge in [0.25, 0.3) is 0 Å². The van der Waals surface area contributed by atoms with Gasteiger partial charge in [0.05, 0.1) is 46.2 Å². The van der Waals surface area contributed by atoms with E-state index in [0.717, 1.165) is 20.8 Å². The SMILES string of the molecule is CC(=O)N[C@H]1[C@H](O[C@H]2[C@H](O)[C@@H](NC(C)=O)C(O)O[C@@H]2CO)O[C@H](CO)[C@@H](O[C@@H]2O[C@H](CO[C@H]3O[C@H](CO)[C@@H](O)[C@H](O)[C@@H]3O)[C@@H](O)[C@H](O[C@H]3O[C@H](CO)[C@@H](O)[C@H](O)[C@@H]3O[C@@H]3O[C@H](CO)[C@@H](O)[C@H](O[C@@H]4O[C@H](CO)[C@H](O)[C@H](O)[C@H]4O)[C@H]3NC(C)=O)[C@@H]2O)[C@@H]1O. The van der Waals surface area contributed by atoms with Crippen molar-refractivity contribution in [1.82, 2.24) is 16.0 Å². The summed E-state index contributed by atoms with van der Waals surface area (Å²) in [6.07, 6.45) is -63.8. The highest BCUT2D eigenvalue weighted by Crippen LogP contribution is 2.38. The third-order valence-corrected chi connectivity index (χ3v) is 15.7. The number of carbonyl (C=O) groups excluding carboxylic acids is 3. The second-order valence-electron chi connectivity index (χ2n) is 21.8. The maximum Gasteiger partial charge on any atom is 0.217 e. The van der Waals surface area contributed by atoms with Gasteiger partial charge in [0.1, 0.15) is 171 Å². The highest BCUT2D eigenvalue weighted by atomic mass is 16.8. The summed E-state index contributed by atoms with van der Waals surface area (Å²) in [5.41, 5.74) is 0. The van der Waals surface area contributed by atoms with Crippen molar-refractivity contribution < 1.29 is 178 Å². The van der Waals surface area contributed by atoms with Gasteiger partial charge in [0, 0.05) is 20.8 Å². The van der Waals surface area contributed by atoms with Crippen LogP contribution < -0.4 is 16.0 Å². The van der Waals surface area contributed by atoms with E-state index >= 15 is 0 Å². The fraction of sp³-hybridized carbons (Fsp3) is 0.938. The molecule has 0 bridgehead atoms. The zero-order chi connectivity index (χ0) is 64.2. The lowest BCUT2D eigenvalue weighted by Crippen LogP contribution is -2.71. The van der Waals surface area contributed by atoms with E-state index < -0.39 is 279 Å². The molecular weight excluding hydrogens is 1190 g/mol. The lowest BCUT2D eigenvalue weighted by Gasteiger charge is -2.51. The first kappa shape index (κ1) is 71.5. The Labute approximate surface area is 492 Å². The Hall–Kier alpha value is -2.91. The standard InChI is InChI=1S/C48H81N3O36/c1-11(58)49-21-29(66)37(18(8-56)76-42(21)74)83-43-22(50-12(2)59)30(67)38(19(9-57)81-43)84-47-36(73)40(28(65)20(82-47)10-75-45-34(71)31(68)24(61)14(4-52)78-45)86-48-41(33(70)26(63)16(6-54)80-48)87-44-23(51-13(3)60)39(27(64)17(7-55)77-44)85-46-35(72)32(69)25(62)15(5-53)79-46/h14-48,52-57,61-74H,4-10H2,1-3H3,(H,49,58)(H,50,59)(H,51,60)/t14-,15-,16-,17-,18-,19-,20-,21-,22-,23-,24-,25+,26-,27-,28-,29-,30-,31+,32+,33+,34+,35-,36+,37-,38-,39-,40+,41+,42?,43+,44+,45+,46+,47+,48-/m1/s1. The second-order valence-corrected chi connectivity index (χ2v) is 21.8. The number of ether oxygens (including phenoxy) is 13. The minimum Gasteiger partial charge on any atom is -0.394 e. The zero-order valence-corrected chi connectivity index (χ0v) is 46.6. The molecule has 87 heavy (non-hydrogen) atoms. The molecule has 0 aromatic heterocycles. The molecule has 0 spiro atoms. The van der Waals surface area contributed by atoms with Gasteiger partial charge in [-0.05, 0) is 0 Å². The molecule has 0 aliphatic carbocycles.